The van der Waals surface area contributed by atoms with Gasteiger partial charge in [0.2, 0.25) is 0 Å². The van der Waals surface area contributed by atoms with Crippen molar-refractivity contribution in [3.63, 3.8) is 0 Å². The molecule has 2 heteroatoms. The van der Waals surface area contributed by atoms with Gasteiger partial charge in [-0.3, -0.25) is 0 Å². The van der Waals surface area contributed by atoms with Crippen molar-refractivity contribution in [2.24, 2.45) is 0 Å². The van der Waals surface area contributed by atoms with Crippen LogP contribution >= 0.6 is 0 Å². The normalized spacial score (nSPS) is 45.0. The van der Waals surface area contributed by atoms with E-state index in [0.717, 1.165) is 12.8 Å². The summed E-state index contributed by atoms with van der Waals surface area (Å²) in [6.45, 7) is 4.18. The molecule has 1 saturated heterocycles. The zero-order valence-electron chi connectivity index (χ0n) is 6.09. The number of nitrogens with one attached hydrogen (secondary N) is 1. The SMILES string of the molecule is C[C@@H]1CC[C@H](O)[C@H](C)N1. The zero-order chi connectivity index (χ0) is 6.85. The van der Waals surface area contributed by atoms with E-state index in [-0.39, 0.29) is 12.1 Å². The zero-order valence-corrected chi connectivity index (χ0v) is 6.09. The molecule has 0 unspecified atom stereocenters. The van der Waals surface area contributed by atoms with Crippen LogP contribution in [0.15, 0.2) is 0 Å². The summed E-state index contributed by atoms with van der Waals surface area (Å²) in [5.74, 6) is 0. The van der Waals surface area contributed by atoms with Crippen LogP contribution < -0.4 is 5.32 Å². The summed E-state index contributed by atoms with van der Waals surface area (Å²) < 4.78 is 0. The van der Waals surface area contributed by atoms with Gasteiger partial charge < -0.3 is 10.4 Å². The average Bonchev–Trinajstić information content (AvgIpc) is 1.80. The molecule has 0 saturated carbocycles. The first-order chi connectivity index (χ1) is 4.20. The van der Waals surface area contributed by atoms with Crippen molar-refractivity contribution in [1.29, 1.82) is 0 Å². The van der Waals surface area contributed by atoms with Crippen molar-refractivity contribution >= 4 is 0 Å². The fourth-order valence-electron chi connectivity index (χ4n) is 1.31. The molecule has 0 amide bonds. The second kappa shape index (κ2) is 2.67. The number of aliphatic hydroxyl groups excluding tert-OH is 1. The Balaban J connectivity index is 2.35. The molecule has 3 atom stereocenters. The quantitative estimate of drug-likeness (QED) is 0.499. The van der Waals surface area contributed by atoms with Crippen molar-refractivity contribution in [2.45, 2.75) is 44.9 Å². The maximum Gasteiger partial charge on any atom is 0.0691 e. The molecule has 1 rings (SSSR count). The Kier molecular flexibility index (Phi) is 2.09. The third kappa shape index (κ3) is 1.66. The smallest absolute Gasteiger partial charge is 0.0691 e. The average molecular weight is 129 g/mol. The van der Waals surface area contributed by atoms with Crippen LogP contribution in [-0.2, 0) is 0 Å². The van der Waals surface area contributed by atoms with E-state index in [1.165, 1.54) is 0 Å². The number of rotatable bonds is 0. The van der Waals surface area contributed by atoms with Gasteiger partial charge in [0, 0.05) is 12.1 Å². The number of hydrogen-bond acceptors (Lipinski definition) is 2. The molecule has 0 spiro atoms. The first kappa shape index (κ1) is 7.03. The number of hydrogen-bond donors (Lipinski definition) is 2. The van der Waals surface area contributed by atoms with Crippen LogP contribution in [0.4, 0.5) is 0 Å². The van der Waals surface area contributed by atoms with Gasteiger partial charge in [-0.25, -0.2) is 0 Å². The van der Waals surface area contributed by atoms with E-state index >= 15 is 0 Å². The number of aliphatic hydroxyl groups is 1. The number of piperidine rings is 1. The van der Waals surface area contributed by atoms with Gasteiger partial charge in [-0.2, -0.15) is 0 Å². The van der Waals surface area contributed by atoms with Crippen molar-refractivity contribution in [3.05, 3.63) is 0 Å². The molecule has 1 aliphatic rings. The molecule has 1 fully saturated rings. The third-order valence-corrected chi connectivity index (χ3v) is 2.02. The minimum absolute atomic E-state index is 0.124. The monoisotopic (exact) mass is 129 g/mol. The minimum atomic E-state index is -0.124. The van der Waals surface area contributed by atoms with Crippen LogP contribution in [-0.4, -0.2) is 23.3 Å². The highest BCUT2D eigenvalue weighted by Crippen LogP contribution is 2.11. The molecule has 0 aromatic carbocycles. The second-order valence-corrected chi connectivity index (χ2v) is 3.00. The lowest BCUT2D eigenvalue weighted by Gasteiger charge is -2.30. The van der Waals surface area contributed by atoms with Crippen LogP contribution in [0.5, 0.6) is 0 Å². The molecule has 1 aliphatic heterocycles. The molecule has 9 heavy (non-hydrogen) atoms. The summed E-state index contributed by atoms with van der Waals surface area (Å²) in [6, 6.07) is 0.872. The van der Waals surface area contributed by atoms with Crippen molar-refractivity contribution in [2.75, 3.05) is 0 Å². The van der Waals surface area contributed by atoms with Gasteiger partial charge in [0.25, 0.3) is 0 Å². The summed E-state index contributed by atoms with van der Waals surface area (Å²) in [6.07, 6.45) is 1.93. The lowest BCUT2D eigenvalue weighted by Crippen LogP contribution is -2.47. The predicted molar refractivity (Wildman–Crippen MR) is 37.3 cm³/mol. The van der Waals surface area contributed by atoms with Crippen molar-refractivity contribution in [1.82, 2.24) is 5.32 Å². The maximum atomic E-state index is 9.23. The summed E-state index contributed by atoms with van der Waals surface area (Å²) in [4.78, 5) is 0. The van der Waals surface area contributed by atoms with E-state index < -0.39 is 0 Å². The van der Waals surface area contributed by atoms with E-state index in [0.29, 0.717) is 6.04 Å². The van der Waals surface area contributed by atoms with E-state index in [2.05, 4.69) is 12.2 Å². The van der Waals surface area contributed by atoms with Crippen LogP contribution in [0.3, 0.4) is 0 Å². The van der Waals surface area contributed by atoms with Gasteiger partial charge in [0.1, 0.15) is 0 Å². The minimum Gasteiger partial charge on any atom is -0.392 e. The maximum absolute atomic E-state index is 9.23. The summed E-state index contributed by atoms with van der Waals surface area (Å²) in [5.41, 5.74) is 0. The summed E-state index contributed by atoms with van der Waals surface area (Å²) in [7, 11) is 0. The van der Waals surface area contributed by atoms with Crippen LogP contribution in [0, 0.1) is 0 Å². The Morgan fingerprint density at radius 1 is 1.33 bits per heavy atom. The summed E-state index contributed by atoms with van der Waals surface area (Å²) in [5, 5.41) is 12.5. The molecule has 0 aromatic heterocycles. The van der Waals surface area contributed by atoms with Crippen LogP contribution in [0.2, 0.25) is 0 Å². The molecular weight excluding hydrogens is 114 g/mol. The van der Waals surface area contributed by atoms with Gasteiger partial charge in [-0.05, 0) is 26.7 Å². The highest BCUT2D eigenvalue weighted by Gasteiger charge is 2.21. The lowest BCUT2D eigenvalue weighted by atomic mass is 9.98. The molecule has 0 radical (unpaired) electrons. The van der Waals surface area contributed by atoms with Gasteiger partial charge >= 0.3 is 0 Å². The van der Waals surface area contributed by atoms with E-state index in [4.69, 9.17) is 0 Å². The van der Waals surface area contributed by atoms with E-state index in [1.807, 2.05) is 6.92 Å². The van der Waals surface area contributed by atoms with Crippen LogP contribution in [0.1, 0.15) is 26.7 Å². The fraction of sp³-hybridized carbons (Fsp3) is 1.00. The van der Waals surface area contributed by atoms with E-state index in [1.54, 1.807) is 0 Å². The highest BCUT2D eigenvalue weighted by atomic mass is 16.3. The van der Waals surface area contributed by atoms with E-state index in [9.17, 15) is 5.11 Å². The fourth-order valence-corrected chi connectivity index (χ4v) is 1.31. The van der Waals surface area contributed by atoms with Gasteiger partial charge in [-0.1, -0.05) is 0 Å². The lowest BCUT2D eigenvalue weighted by molar-refractivity contribution is 0.0901. The molecule has 2 nitrogen and oxygen atoms in total. The molecular formula is C7H15NO. The Morgan fingerprint density at radius 3 is 2.44 bits per heavy atom. The topological polar surface area (TPSA) is 32.3 Å². The first-order valence-electron chi connectivity index (χ1n) is 3.64. The third-order valence-electron chi connectivity index (χ3n) is 2.02. The molecule has 54 valence electrons. The molecule has 2 N–H and O–H groups in total. The van der Waals surface area contributed by atoms with Gasteiger partial charge in [0.05, 0.1) is 6.10 Å². The Bertz CT molecular complexity index is 94.9. The molecule has 0 aromatic rings. The largest absolute Gasteiger partial charge is 0.392 e. The highest BCUT2D eigenvalue weighted by molar-refractivity contribution is 4.80. The van der Waals surface area contributed by atoms with Crippen LogP contribution in [0.25, 0.3) is 0 Å². The molecule has 0 aliphatic carbocycles. The van der Waals surface area contributed by atoms with Crippen molar-refractivity contribution < 1.29 is 5.11 Å². The van der Waals surface area contributed by atoms with Crippen molar-refractivity contribution in [3.8, 4) is 0 Å². The summed E-state index contributed by atoms with van der Waals surface area (Å²) >= 11 is 0. The Hall–Kier alpha value is -0.0800. The standard InChI is InChI=1S/C7H15NO/c1-5-3-4-7(9)6(2)8-5/h5-9H,3-4H2,1-2H3/t5-,6+,7+/m1/s1. The molecule has 1 heterocycles. The predicted octanol–water partition coefficient (Wildman–Crippen LogP) is 0.508. The Morgan fingerprint density at radius 2 is 2.00 bits per heavy atom. The molecule has 0 bridgehead atoms. The van der Waals surface area contributed by atoms with Gasteiger partial charge in [-0.15, -0.1) is 0 Å². The van der Waals surface area contributed by atoms with Gasteiger partial charge in [0.15, 0.2) is 0 Å². The Labute approximate surface area is 56.3 Å². The first-order valence-corrected chi connectivity index (χ1v) is 3.64. The second-order valence-electron chi connectivity index (χ2n) is 3.00.